The molecule has 19 heavy (non-hydrogen) atoms. The van der Waals surface area contributed by atoms with Crippen LogP contribution in [0.4, 0.5) is 0 Å². The molecule has 0 aliphatic heterocycles. The van der Waals surface area contributed by atoms with Gasteiger partial charge in [0.15, 0.2) is 0 Å². The molecular weight excluding hydrogens is 232 g/mol. The summed E-state index contributed by atoms with van der Waals surface area (Å²) in [4.78, 5) is 0. The van der Waals surface area contributed by atoms with Crippen LogP contribution in [0.3, 0.4) is 0 Å². The Balaban J connectivity index is 0.000000241. The second-order valence-corrected chi connectivity index (χ2v) is 5.76. The van der Waals surface area contributed by atoms with Crippen LogP contribution in [0.5, 0.6) is 0 Å². The maximum Gasteiger partial charge on any atom is 0.106 e. The molecule has 1 atom stereocenters. The van der Waals surface area contributed by atoms with Gasteiger partial charge >= 0.3 is 0 Å². The third kappa shape index (κ3) is 6.34. The number of terminal acetylenes is 1. The molecule has 1 heteroatoms. The summed E-state index contributed by atoms with van der Waals surface area (Å²) in [7, 11) is 0. The second-order valence-electron chi connectivity index (χ2n) is 5.76. The van der Waals surface area contributed by atoms with Crippen molar-refractivity contribution in [2.75, 3.05) is 6.61 Å². The molecule has 2 aliphatic carbocycles. The minimum Gasteiger partial charge on any atom is -0.447 e. The zero-order valence-corrected chi connectivity index (χ0v) is 12.5. The van der Waals surface area contributed by atoms with Crippen molar-refractivity contribution >= 4 is 0 Å². The van der Waals surface area contributed by atoms with Crippen LogP contribution in [0.15, 0.2) is 24.3 Å². The number of hydrogen-bond acceptors (Lipinski definition) is 1. The first kappa shape index (κ1) is 15.6. The van der Waals surface area contributed by atoms with E-state index in [-0.39, 0.29) is 0 Å². The zero-order chi connectivity index (χ0) is 14.1. The predicted octanol–water partition coefficient (Wildman–Crippen LogP) is 5.11. The van der Waals surface area contributed by atoms with Crippen LogP contribution < -0.4 is 0 Å². The first-order valence-corrected chi connectivity index (χ1v) is 7.31. The lowest BCUT2D eigenvalue weighted by molar-refractivity contribution is 0.244. The van der Waals surface area contributed by atoms with E-state index in [1.165, 1.54) is 30.4 Å². The van der Waals surface area contributed by atoms with Gasteiger partial charge in [0.1, 0.15) is 12.7 Å². The van der Waals surface area contributed by atoms with E-state index in [2.05, 4.69) is 51.1 Å². The summed E-state index contributed by atoms with van der Waals surface area (Å²) < 4.78 is 4.86. The highest BCUT2D eigenvalue weighted by Gasteiger charge is 2.04. The molecular formula is C18H26O. The van der Waals surface area contributed by atoms with Crippen molar-refractivity contribution < 1.29 is 4.74 Å². The molecule has 0 saturated carbocycles. The Morgan fingerprint density at radius 3 is 1.95 bits per heavy atom. The third-order valence-electron chi connectivity index (χ3n) is 3.49. The summed E-state index contributed by atoms with van der Waals surface area (Å²) in [5, 5.41) is 0. The fourth-order valence-electron chi connectivity index (χ4n) is 2.00. The third-order valence-corrected chi connectivity index (χ3v) is 3.49. The van der Waals surface area contributed by atoms with Crippen molar-refractivity contribution in [1.82, 2.24) is 0 Å². The van der Waals surface area contributed by atoms with E-state index in [0.717, 1.165) is 18.3 Å². The van der Waals surface area contributed by atoms with Gasteiger partial charge in [0.05, 0.1) is 0 Å². The smallest absolute Gasteiger partial charge is 0.106 e. The molecule has 1 unspecified atom stereocenters. The average Bonchev–Trinajstić information content (AvgIpc) is 2.34. The van der Waals surface area contributed by atoms with Crippen LogP contribution in [0.1, 0.15) is 46.5 Å². The molecule has 0 spiro atoms. The minimum atomic E-state index is 0.708. The summed E-state index contributed by atoms with van der Waals surface area (Å²) in [5.41, 5.74) is 2.85. The topological polar surface area (TPSA) is 9.23 Å². The van der Waals surface area contributed by atoms with E-state index < -0.39 is 0 Å². The summed E-state index contributed by atoms with van der Waals surface area (Å²) in [6.45, 7) is 7.51. The average molecular weight is 258 g/mol. The Labute approximate surface area is 118 Å². The number of fused-ring (bicyclic) bond motifs is 1. The van der Waals surface area contributed by atoms with Crippen LogP contribution in [0, 0.1) is 24.4 Å². The monoisotopic (exact) mass is 258 g/mol. The Kier molecular flexibility index (Phi) is 7.11. The lowest BCUT2D eigenvalue weighted by atomic mass is 9.95. The summed E-state index contributed by atoms with van der Waals surface area (Å²) in [6, 6.07) is 8.48. The molecule has 0 saturated heterocycles. The van der Waals surface area contributed by atoms with Gasteiger partial charge in [-0.1, -0.05) is 70.7 Å². The van der Waals surface area contributed by atoms with Crippen LogP contribution in [0.25, 0.3) is 11.1 Å². The lowest BCUT2D eigenvalue weighted by Gasteiger charge is -2.10. The predicted molar refractivity (Wildman–Crippen MR) is 82.7 cm³/mol. The molecule has 104 valence electrons. The minimum absolute atomic E-state index is 0.708. The molecule has 0 aromatic carbocycles. The van der Waals surface area contributed by atoms with Crippen molar-refractivity contribution in [2.45, 2.75) is 46.5 Å². The first-order valence-electron chi connectivity index (χ1n) is 7.31. The molecule has 0 amide bonds. The molecule has 2 aliphatic rings. The summed E-state index contributed by atoms with van der Waals surface area (Å²) in [6.07, 6.45) is 12.2. The van der Waals surface area contributed by atoms with E-state index in [1.54, 1.807) is 0 Å². The molecule has 0 aromatic rings. The molecule has 1 nitrogen and oxygen atoms in total. The molecule has 0 radical (unpaired) electrons. The van der Waals surface area contributed by atoms with E-state index in [1.807, 2.05) is 0 Å². The van der Waals surface area contributed by atoms with E-state index >= 15 is 0 Å². The zero-order valence-electron chi connectivity index (χ0n) is 12.5. The van der Waals surface area contributed by atoms with Crippen molar-refractivity contribution in [3.8, 4) is 23.7 Å². The SMILES string of the molecule is C#COCCC(C)CCCC(C)C.c1cc2ccc1-2. The van der Waals surface area contributed by atoms with Crippen LogP contribution in [0.2, 0.25) is 0 Å². The second kappa shape index (κ2) is 8.64. The molecule has 2 rings (SSSR count). The van der Waals surface area contributed by atoms with Gasteiger partial charge in [-0.05, 0) is 29.4 Å². The molecule has 0 fully saturated rings. The van der Waals surface area contributed by atoms with Crippen molar-refractivity contribution in [1.29, 1.82) is 0 Å². The summed E-state index contributed by atoms with van der Waals surface area (Å²) >= 11 is 0. The number of rotatable bonds is 7. The molecule has 0 heterocycles. The van der Waals surface area contributed by atoms with Gasteiger partial charge in [0, 0.05) is 0 Å². The van der Waals surface area contributed by atoms with Crippen LogP contribution >= 0.6 is 0 Å². The highest BCUT2D eigenvalue weighted by Crippen LogP contribution is 2.29. The van der Waals surface area contributed by atoms with Crippen molar-refractivity contribution in [3.63, 3.8) is 0 Å². The van der Waals surface area contributed by atoms with E-state index in [4.69, 9.17) is 11.2 Å². The van der Waals surface area contributed by atoms with Gasteiger partial charge in [-0.25, -0.2) is 0 Å². The Bertz CT molecular complexity index is 362. The van der Waals surface area contributed by atoms with Gasteiger partial charge in [0.2, 0.25) is 0 Å². The number of benzene rings is 1. The molecule has 0 N–H and O–H groups in total. The Morgan fingerprint density at radius 2 is 1.58 bits per heavy atom. The normalized spacial score (nSPS) is 12.2. The molecule has 0 bridgehead atoms. The van der Waals surface area contributed by atoms with Crippen LogP contribution in [-0.2, 0) is 4.74 Å². The van der Waals surface area contributed by atoms with Gasteiger partial charge in [-0.2, -0.15) is 0 Å². The fourth-order valence-corrected chi connectivity index (χ4v) is 2.00. The van der Waals surface area contributed by atoms with Gasteiger partial charge in [-0.15, -0.1) is 0 Å². The number of hydrogen-bond donors (Lipinski definition) is 0. The Hall–Kier alpha value is -1.42. The largest absolute Gasteiger partial charge is 0.447 e. The quantitative estimate of drug-likeness (QED) is 0.495. The van der Waals surface area contributed by atoms with Gasteiger partial charge in [0.25, 0.3) is 0 Å². The van der Waals surface area contributed by atoms with Crippen molar-refractivity contribution in [3.05, 3.63) is 24.3 Å². The summed E-state index contributed by atoms with van der Waals surface area (Å²) in [5.74, 6) is 1.57. The van der Waals surface area contributed by atoms with Gasteiger partial charge in [-0.3, -0.25) is 0 Å². The molecule has 0 aromatic heterocycles. The highest BCUT2D eigenvalue weighted by atomic mass is 16.5. The highest BCUT2D eigenvalue weighted by molar-refractivity contribution is 5.75. The van der Waals surface area contributed by atoms with E-state index in [9.17, 15) is 0 Å². The van der Waals surface area contributed by atoms with Crippen LogP contribution in [-0.4, -0.2) is 6.61 Å². The maximum absolute atomic E-state index is 4.98. The standard InChI is InChI=1S/C12H22O.C6H4/c1-5-13-10-9-12(4)8-6-7-11(2)3;1-2-6-4-3-5(1)6/h1,11-12H,6-10H2,2-4H3;1-4H. The van der Waals surface area contributed by atoms with Crippen molar-refractivity contribution in [2.24, 2.45) is 11.8 Å². The van der Waals surface area contributed by atoms with E-state index in [0.29, 0.717) is 6.61 Å². The number of ether oxygens (including phenoxy) is 1. The fraction of sp³-hybridized carbons (Fsp3) is 0.556. The lowest BCUT2D eigenvalue weighted by Crippen LogP contribution is -2.00. The first-order chi connectivity index (χ1) is 9.13. The maximum atomic E-state index is 4.98. The Morgan fingerprint density at radius 1 is 1.00 bits per heavy atom. The van der Waals surface area contributed by atoms with Gasteiger partial charge < -0.3 is 4.74 Å².